The van der Waals surface area contributed by atoms with E-state index in [2.05, 4.69) is 140 Å². The third-order valence-corrected chi connectivity index (χ3v) is 7.51. The minimum Gasteiger partial charge on any atom is -0.322 e. The number of hydrogen-bond acceptors (Lipinski definition) is 0. The lowest BCUT2D eigenvalue weighted by Gasteiger charge is -2.35. The fourth-order valence-corrected chi connectivity index (χ4v) is 6.05. The minimum absolute atomic E-state index is 0.447. The van der Waals surface area contributed by atoms with Crippen molar-refractivity contribution in [2.45, 2.75) is 12.5 Å². The summed E-state index contributed by atoms with van der Waals surface area (Å²) in [5.74, 6) is 0. The minimum atomic E-state index is -0.447. The number of hydrogen-bond donors (Lipinski definition) is 0. The molecule has 6 rings (SSSR count). The molecule has 0 radical (unpaired) electrons. The number of aryl methyl sites for hydroxylation is 1. The molecule has 1 aliphatic rings. The molecule has 1 aliphatic heterocycles. The molecule has 150 valence electrons. The fourth-order valence-electron chi connectivity index (χ4n) is 5.33. The van der Waals surface area contributed by atoms with Crippen molar-refractivity contribution < 1.29 is 0 Å². The molecule has 0 bridgehead atoms. The topological polar surface area (TPSA) is 4.93 Å². The zero-order chi connectivity index (χ0) is 21.2. The van der Waals surface area contributed by atoms with Gasteiger partial charge in [0.05, 0.1) is 11.2 Å². The van der Waals surface area contributed by atoms with E-state index < -0.39 is 5.54 Å². The van der Waals surface area contributed by atoms with Crippen LogP contribution in [0.3, 0.4) is 0 Å². The Hall–Kier alpha value is -2.62. The highest BCUT2D eigenvalue weighted by Crippen LogP contribution is 2.55. The van der Waals surface area contributed by atoms with Gasteiger partial charge >= 0.3 is 0 Å². The maximum absolute atomic E-state index is 3.76. The van der Waals surface area contributed by atoms with Gasteiger partial charge in [0.15, 0.2) is 0 Å². The van der Waals surface area contributed by atoms with Crippen LogP contribution in [0, 0.1) is 6.92 Å². The van der Waals surface area contributed by atoms with Crippen molar-refractivity contribution in [3.8, 4) is 11.3 Å². The first-order chi connectivity index (χ1) is 15.1. The van der Waals surface area contributed by atoms with Crippen LogP contribution < -0.4 is 0 Å². The van der Waals surface area contributed by atoms with Crippen LogP contribution in [0.15, 0.2) is 106 Å². The lowest BCUT2D eigenvalue weighted by Crippen LogP contribution is -2.34. The molecule has 0 atom stereocenters. The number of halogens is 2. The number of aromatic nitrogens is 1. The Kier molecular flexibility index (Phi) is 4.28. The molecule has 31 heavy (non-hydrogen) atoms. The zero-order valence-corrected chi connectivity index (χ0v) is 20.1. The molecule has 0 fully saturated rings. The van der Waals surface area contributed by atoms with Crippen molar-refractivity contribution >= 4 is 42.8 Å². The summed E-state index contributed by atoms with van der Waals surface area (Å²) in [6, 6.07) is 35.1. The third-order valence-electron chi connectivity index (χ3n) is 6.53. The van der Waals surface area contributed by atoms with E-state index in [1.807, 2.05) is 0 Å². The van der Waals surface area contributed by atoms with Crippen molar-refractivity contribution in [3.63, 3.8) is 0 Å². The van der Waals surface area contributed by atoms with Gasteiger partial charge in [0.25, 0.3) is 0 Å². The van der Waals surface area contributed by atoms with Gasteiger partial charge in [-0.15, -0.1) is 0 Å². The Morgan fingerprint density at radius 1 is 0.677 bits per heavy atom. The standard InChI is InChI=1S/C28H19Br2N/c1-18-24-16-21(29)13-15-26(24)31-27(18)23-14-12-22(30)17-25(23)28(31,19-8-4-2-5-9-19)20-10-6-3-7-11-20/h2-17H,1H3. The van der Waals surface area contributed by atoms with Gasteiger partial charge in [-0.1, -0.05) is 98.6 Å². The fraction of sp³-hybridized carbons (Fsp3) is 0.0714. The first-order valence-corrected chi connectivity index (χ1v) is 11.9. The van der Waals surface area contributed by atoms with E-state index >= 15 is 0 Å². The Balaban J connectivity index is 1.89. The Morgan fingerprint density at radius 2 is 1.26 bits per heavy atom. The SMILES string of the molecule is Cc1c2n(c3ccc(Br)cc13)C(c1ccccc1)(c1ccccc1)c1cc(Br)ccc1-2. The summed E-state index contributed by atoms with van der Waals surface area (Å²) in [5.41, 5.74) is 8.53. The average Bonchev–Trinajstić information content (AvgIpc) is 3.25. The molecule has 3 heteroatoms. The predicted octanol–water partition coefficient (Wildman–Crippen LogP) is 8.30. The molecule has 1 nitrogen and oxygen atoms in total. The highest BCUT2D eigenvalue weighted by molar-refractivity contribution is 9.10. The first kappa shape index (κ1) is 19.1. The van der Waals surface area contributed by atoms with Crippen molar-refractivity contribution in [1.29, 1.82) is 0 Å². The van der Waals surface area contributed by atoms with Crippen molar-refractivity contribution in [1.82, 2.24) is 4.57 Å². The van der Waals surface area contributed by atoms with Gasteiger partial charge in [-0.2, -0.15) is 0 Å². The number of rotatable bonds is 2. The molecule has 0 spiro atoms. The van der Waals surface area contributed by atoms with Gasteiger partial charge in [0.1, 0.15) is 5.54 Å². The molecular weight excluding hydrogens is 510 g/mol. The largest absolute Gasteiger partial charge is 0.322 e. The summed E-state index contributed by atoms with van der Waals surface area (Å²) in [7, 11) is 0. The molecule has 0 amide bonds. The Labute approximate surface area is 198 Å². The van der Waals surface area contributed by atoms with Crippen LogP contribution >= 0.6 is 31.9 Å². The second-order valence-corrected chi connectivity index (χ2v) is 9.93. The molecule has 0 saturated heterocycles. The molecular formula is C28H19Br2N. The van der Waals surface area contributed by atoms with E-state index in [0.717, 1.165) is 8.95 Å². The predicted molar refractivity (Wildman–Crippen MR) is 136 cm³/mol. The van der Waals surface area contributed by atoms with Crippen LogP contribution in [0.4, 0.5) is 0 Å². The summed E-state index contributed by atoms with van der Waals surface area (Å²) in [6.45, 7) is 2.25. The van der Waals surface area contributed by atoms with Crippen molar-refractivity contribution in [2.75, 3.05) is 0 Å². The number of nitrogens with zero attached hydrogens (tertiary/aromatic N) is 1. The molecule has 4 aromatic carbocycles. The van der Waals surface area contributed by atoms with Gasteiger partial charge in [-0.3, -0.25) is 0 Å². The Bertz CT molecular complexity index is 1410. The van der Waals surface area contributed by atoms with Gasteiger partial charge < -0.3 is 4.57 Å². The van der Waals surface area contributed by atoms with Gasteiger partial charge in [-0.05, 0) is 59.5 Å². The summed E-state index contributed by atoms with van der Waals surface area (Å²) < 4.78 is 4.76. The van der Waals surface area contributed by atoms with E-state index in [-0.39, 0.29) is 0 Å². The van der Waals surface area contributed by atoms with Crippen molar-refractivity contribution in [3.05, 3.63) is 128 Å². The van der Waals surface area contributed by atoms with E-state index in [0.29, 0.717) is 0 Å². The maximum atomic E-state index is 3.76. The number of benzene rings is 4. The molecule has 1 aromatic heterocycles. The lowest BCUT2D eigenvalue weighted by molar-refractivity contribution is 0.561. The lowest BCUT2D eigenvalue weighted by atomic mass is 9.77. The highest BCUT2D eigenvalue weighted by atomic mass is 79.9. The molecule has 0 unspecified atom stereocenters. The van der Waals surface area contributed by atoms with Crippen LogP contribution in [0.25, 0.3) is 22.2 Å². The Morgan fingerprint density at radius 3 is 1.90 bits per heavy atom. The zero-order valence-electron chi connectivity index (χ0n) is 16.9. The van der Waals surface area contributed by atoms with Crippen molar-refractivity contribution in [2.24, 2.45) is 0 Å². The quantitative estimate of drug-likeness (QED) is 0.213. The van der Waals surface area contributed by atoms with E-state index in [1.165, 1.54) is 44.4 Å². The smallest absolute Gasteiger partial charge is 0.122 e. The van der Waals surface area contributed by atoms with Crippen LogP contribution in [-0.2, 0) is 5.54 Å². The normalized spacial score (nSPS) is 13.9. The van der Waals surface area contributed by atoms with Gasteiger partial charge in [0, 0.05) is 19.9 Å². The highest BCUT2D eigenvalue weighted by Gasteiger charge is 2.47. The van der Waals surface area contributed by atoms with Crippen LogP contribution in [-0.4, -0.2) is 4.57 Å². The monoisotopic (exact) mass is 527 g/mol. The molecule has 0 N–H and O–H groups in total. The summed E-state index contributed by atoms with van der Waals surface area (Å²) in [4.78, 5) is 0. The molecule has 0 saturated carbocycles. The first-order valence-electron chi connectivity index (χ1n) is 10.3. The second-order valence-electron chi connectivity index (χ2n) is 8.10. The average molecular weight is 529 g/mol. The van der Waals surface area contributed by atoms with E-state index in [1.54, 1.807) is 0 Å². The maximum Gasteiger partial charge on any atom is 0.122 e. The molecule has 5 aromatic rings. The summed E-state index contributed by atoms with van der Waals surface area (Å²) in [5, 5.41) is 1.29. The van der Waals surface area contributed by atoms with Gasteiger partial charge in [-0.25, -0.2) is 0 Å². The summed E-state index contributed by atoms with van der Waals surface area (Å²) in [6.07, 6.45) is 0. The van der Waals surface area contributed by atoms with Gasteiger partial charge in [0.2, 0.25) is 0 Å². The number of fused-ring (bicyclic) bond motifs is 5. The van der Waals surface area contributed by atoms with Crippen LogP contribution in [0.1, 0.15) is 22.3 Å². The van der Waals surface area contributed by atoms with E-state index in [4.69, 9.17) is 0 Å². The van der Waals surface area contributed by atoms with E-state index in [9.17, 15) is 0 Å². The van der Waals surface area contributed by atoms with Crippen LogP contribution in [0.5, 0.6) is 0 Å². The van der Waals surface area contributed by atoms with Crippen LogP contribution in [0.2, 0.25) is 0 Å². The summed E-state index contributed by atoms with van der Waals surface area (Å²) >= 11 is 7.44. The molecule has 0 aliphatic carbocycles. The second kappa shape index (κ2) is 6.94. The molecule has 2 heterocycles. The third kappa shape index (κ3) is 2.54.